The minimum atomic E-state index is -0.616. The molecule has 5 rings (SSSR count). The van der Waals surface area contributed by atoms with Gasteiger partial charge in [0, 0.05) is 28.6 Å². The lowest BCUT2D eigenvalue weighted by atomic mass is 9.44. The van der Waals surface area contributed by atoms with Crippen molar-refractivity contribution in [3.63, 3.8) is 0 Å². The van der Waals surface area contributed by atoms with Gasteiger partial charge in [-0.2, -0.15) is 0 Å². The normalized spacial score (nSPS) is 23.2. The average Bonchev–Trinajstić information content (AvgIpc) is 2.66. The molecule has 154 valence electrons. The summed E-state index contributed by atoms with van der Waals surface area (Å²) in [6, 6.07) is 9.52. The molecule has 2 bridgehead atoms. The second-order valence-corrected chi connectivity index (χ2v) is 8.12. The highest BCUT2D eigenvalue weighted by molar-refractivity contribution is 6.30. The lowest BCUT2D eigenvalue weighted by Crippen LogP contribution is -2.84. The summed E-state index contributed by atoms with van der Waals surface area (Å²) in [5, 5.41) is 5.78. The molecule has 8 heteroatoms. The maximum atomic E-state index is 13.4. The van der Waals surface area contributed by atoms with Crippen LogP contribution >= 0.6 is 11.6 Å². The molecule has 0 saturated heterocycles. The molecule has 0 aromatic heterocycles. The Morgan fingerprint density at radius 2 is 1.70 bits per heavy atom. The summed E-state index contributed by atoms with van der Waals surface area (Å²) in [6.45, 7) is -0.245. The van der Waals surface area contributed by atoms with Gasteiger partial charge in [-0.15, -0.1) is 0 Å². The van der Waals surface area contributed by atoms with Gasteiger partial charge in [0.2, 0.25) is 0 Å². The topological polar surface area (TPSA) is 67.4 Å². The van der Waals surface area contributed by atoms with E-state index in [-0.39, 0.29) is 40.2 Å². The molecule has 5 nitrogen and oxygen atoms in total. The Bertz CT molecular complexity index is 1060. The summed E-state index contributed by atoms with van der Waals surface area (Å²) >= 11 is 5.61. The van der Waals surface area contributed by atoms with Gasteiger partial charge >= 0.3 is 0 Å². The van der Waals surface area contributed by atoms with Crippen molar-refractivity contribution >= 4 is 23.4 Å². The zero-order valence-corrected chi connectivity index (χ0v) is 16.5. The van der Waals surface area contributed by atoms with E-state index in [1.165, 1.54) is 36.4 Å². The Morgan fingerprint density at radius 3 is 2.37 bits per heavy atom. The first-order valence-corrected chi connectivity index (χ1v) is 9.63. The average molecular weight is 431 g/mol. The van der Waals surface area contributed by atoms with Crippen LogP contribution < -0.4 is 15.4 Å². The van der Waals surface area contributed by atoms with Crippen LogP contribution in [0, 0.1) is 23.5 Å². The molecule has 2 amide bonds. The Balaban J connectivity index is 1.21. The number of hydrogen-bond donors (Lipinski definition) is 2. The molecule has 3 saturated carbocycles. The van der Waals surface area contributed by atoms with Crippen LogP contribution in [0.4, 0.5) is 8.78 Å². The lowest BCUT2D eigenvalue weighted by molar-refractivity contribution is -0.148. The highest BCUT2D eigenvalue weighted by Gasteiger charge is 2.69. The number of ether oxygens (including phenoxy) is 1. The quantitative estimate of drug-likeness (QED) is 0.717. The standard InChI is InChI=1S/C22H17ClF2N2O3/c23-17-7-6-16(9-18(17)25)30-10-20(29)27-22-11-21(12-22,13-22)26-19(28)8-3-14-1-4-15(24)5-2-14/h1-2,4-7,9H,10-13H2,(H,26,28)(H,27,29). The molecule has 0 heterocycles. The molecule has 2 aromatic carbocycles. The van der Waals surface area contributed by atoms with Crippen LogP contribution in [0.3, 0.4) is 0 Å². The van der Waals surface area contributed by atoms with E-state index in [1.54, 1.807) is 0 Å². The fourth-order valence-electron chi connectivity index (χ4n) is 4.03. The molecule has 0 atom stereocenters. The third kappa shape index (κ3) is 4.24. The van der Waals surface area contributed by atoms with Gasteiger partial charge in [-0.05, 0) is 55.7 Å². The predicted molar refractivity (Wildman–Crippen MR) is 106 cm³/mol. The molecule has 0 unspecified atom stereocenters. The number of benzene rings is 2. The first-order chi connectivity index (χ1) is 14.3. The first-order valence-electron chi connectivity index (χ1n) is 9.25. The first kappa shape index (κ1) is 20.2. The van der Waals surface area contributed by atoms with Gasteiger partial charge in [0.25, 0.3) is 11.8 Å². The predicted octanol–water partition coefficient (Wildman–Crippen LogP) is 2.96. The SMILES string of the molecule is O=C(C#Cc1ccc(F)cc1)NC12CC(NC(=O)COc3ccc(Cl)c(F)c3)(C1)C2. The molecular formula is C22H17ClF2N2O3. The summed E-state index contributed by atoms with van der Waals surface area (Å²) in [5.41, 5.74) is -0.140. The minimum Gasteiger partial charge on any atom is -0.484 e. The van der Waals surface area contributed by atoms with Gasteiger partial charge in [0.1, 0.15) is 17.4 Å². The van der Waals surface area contributed by atoms with Gasteiger partial charge < -0.3 is 15.4 Å². The number of carbonyl (C=O) groups is 2. The van der Waals surface area contributed by atoms with Crippen molar-refractivity contribution in [2.75, 3.05) is 6.61 Å². The fraction of sp³-hybridized carbons (Fsp3) is 0.273. The van der Waals surface area contributed by atoms with Gasteiger partial charge in [0.05, 0.1) is 5.02 Å². The maximum absolute atomic E-state index is 13.4. The highest BCUT2D eigenvalue weighted by atomic mass is 35.5. The Hall–Kier alpha value is -3.11. The number of halogens is 3. The number of hydrogen-bond acceptors (Lipinski definition) is 3. The van der Waals surface area contributed by atoms with Crippen LogP contribution in [0.2, 0.25) is 5.02 Å². The molecule has 2 N–H and O–H groups in total. The minimum absolute atomic E-state index is 0.0182. The van der Waals surface area contributed by atoms with Crippen molar-refractivity contribution in [3.05, 3.63) is 64.7 Å². The summed E-state index contributed by atoms with van der Waals surface area (Å²) in [5.74, 6) is 3.70. The van der Waals surface area contributed by atoms with Gasteiger partial charge in [-0.1, -0.05) is 17.5 Å². The Morgan fingerprint density at radius 1 is 1.03 bits per heavy atom. The van der Waals surface area contributed by atoms with Crippen LogP contribution in [-0.2, 0) is 9.59 Å². The molecule has 3 fully saturated rings. The number of amides is 2. The van der Waals surface area contributed by atoms with Gasteiger partial charge in [0.15, 0.2) is 6.61 Å². The smallest absolute Gasteiger partial charge is 0.296 e. The summed E-state index contributed by atoms with van der Waals surface area (Å²) in [7, 11) is 0. The van der Waals surface area contributed by atoms with Gasteiger partial charge in [-0.3, -0.25) is 9.59 Å². The van der Waals surface area contributed by atoms with E-state index < -0.39 is 11.7 Å². The molecule has 30 heavy (non-hydrogen) atoms. The van der Waals surface area contributed by atoms with E-state index in [1.807, 2.05) is 0 Å². The van der Waals surface area contributed by atoms with Crippen molar-refractivity contribution in [2.45, 2.75) is 30.3 Å². The van der Waals surface area contributed by atoms with Crippen LogP contribution in [0.1, 0.15) is 24.8 Å². The number of rotatable bonds is 5. The van der Waals surface area contributed by atoms with Crippen LogP contribution in [-0.4, -0.2) is 29.5 Å². The largest absolute Gasteiger partial charge is 0.484 e. The summed E-state index contributed by atoms with van der Waals surface area (Å²) in [4.78, 5) is 24.2. The Labute approximate surface area is 176 Å². The van der Waals surface area contributed by atoms with E-state index in [0.717, 1.165) is 6.07 Å². The summed E-state index contributed by atoms with van der Waals surface area (Å²) < 4.78 is 31.5. The molecule has 0 spiro atoms. The van der Waals surface area contributed by atoms with Crippen molar-refractivity contribution in [2.24, 2.45) is 0 Å². The highest BCUT2D eigenvalue weighted by Crippen LogP contribution is 2.60. The van der Waals surface area contributed by atoms with E-state index in [4.69, 9.17) is 16.3 Å². The van der Waals surface area contributed by atoms with Crippen LogP contribution in [0.5, 0.6) is 5.75 Å². The monoisotopic (exact) mass is 430 g/mol. The zero-order chi connectivity index (χ0) is 21.4. The van der Waals surface area contributed by atoms with E-state index >= 15 is 0 Å². The van der Waals surface area contributed by atoms with Crippen molar-refractivity contribution < 1.29 is 23.1 Å². The molecule has 0 radical (unpaired) electrons. The molecule has 3 aliphatic rings. The lowest BCUT2D eigenvalue weighted by Gasteiger charge is -2.70. The van der Waals surface area contributed by atoms with Crippen molar-refractivity contribution in [1.29, 1.82) is 0 Å². The maximum Gasteiger partial charge on any atom is 0.296 e. The van der Waals surface area contributed by atoms with Crippen molar-refractivity contribution in [1.82, 2.24) is 10.6 Å². The van der Waals surface area contributed by atoms with E-state index in [0.29, 0.717) is 24.8 Å². The fourth-order valence-corrected chi connectivity index (χ4v) is 4.15. The second-order valence-electron chi connectivity index (χ2n) is 7.71. The van der Waals surface area contributed by atoms with Crippen LogP contribution in [0.25, 0.3) is 0 Å². The van der Waals surface area contributed by atoms with E-state index in [9.17, 15) is 18.4 Å². The second kappa shape index (κ2) is 7.62. The van der Waals surface area contributed by atoms with Gasteiger partial charge in [-0.25, -0.2) is 8.78 Å². The number of nitrogens with one attached hydrogen (secondary N) is 2. The van der Waals surface area contributed by atoms with Crippen LogP contribution in [0.15, 0.2) is 42.5 Å². The molecule has 2 aromatic rings. The number of carbonyl (C=O) groups excluding carboxylic acids is 2. The zero-order valence-electron chi connectivity index (χ0n) is 15.7. The molecular weight excluding hydrogens is 414 g/mol. The molecule has 3 aliphatic carbocycles. The third-order valence-corrected chi connectivity index (χ3v) is 5.55. The third-order valence-electron chi connectivity index (χ3n) is 5.24. The molecule has 0 aliphatic heterocycles. The summed E-state index contributed by atoms with van der Waals surface area (Å²) in [6.07, 6.45) is 1.85. The Kier molecular flexibility index (Phi) is 5.12. The van der Waals surface area contributed by atoms with E-state index in [2.05, 4.69) is 22.5 Å². The van der Waals surface area contributed by atoms with Crippen molar-refractivity contribution in [3.8, 4) is 17.6 Å².